The number of likely N-dealkylation sites (N-methyl/N-ethyl adjacent to an activating group) is 1. The van der Waals surface area contributed by atoms with Crippen LogP contribution in [-0.4, -0.2) is 74.3 Å². The Morgan fingerprint density at radius 1 is 0.432 bits per heavy atom. The van der Waals surface area contributed by atoms with Crippen LogP contribution in [0.4, 0.5) is 0 Å². The number of carbonyl (C=O) groups excluding carboxylic acids is 2. The highest BCUT2D eigenvalue weighted by atomic mass is 31.2. The van der Waals surface area contributed by atoms with Crippen LogP contribution < -0.4 is 5.32 Å². The number of phosphoric acid groups is 1. The van der Waals surface area contributed by atoms with Gasteiger partial charge in [0.15, 0.2) is 0 Å². The first-order valence-corrected chi connectivity index (χ1v) is 36.5. The first kappa shape index (κ1) is 79.0. The summed E-state index contributed by atoms with van der Waals surface area (Å²) in [6.45, 7) is 7.03. The Balaban J connectivity index is 5.03. The van der Waals surface area contributed by atoms with Gasteiger partial charge >= 0.3 is 13.8 Å². The van der Waals surface area contributed by atoms with Gasteiger partial charge in [-0.25, -0.2) is 4.57 Å². The van der Waals surface area contributed by atoms with E-state index >= 15 is 0 Å². The van der Waals surface area contributed by atoms with Crippen molar-refractivity contribution in [3.05, 3.63) is 48.6 Å². The molecule has 0 aliphatic carbocycles. The summed E-state index contributed by atoms with van der Waals surface area (Å²) in [5.74, 6) is -0.489. The number of allylic oxidation sites excluding steroid dienone is 7. The maximum Gasteiger partial charge on any atom is 0.472 e. The minimum atomic E-state index is -4.45. The van der Waals surface area contributed by atoms with Crippen LogP contribution in [0.1, 0.15) is 342 Å². The molecule has 2 N–H and O–H groups in total. The Kier molecular flexibility index (Phi) is 59.5. The van der Waals surface area contributed by atoms with E-state index in [0.29, 0.717) is 23.9 Å². The van der Waals surface area contributed by atoms with Crippen molar-refractivity contribution in [2.24, 2.45) is 0 Å². The lowest BCUT2D eigenvalue weighted by Gasteiger charge is -2.27. The number of carbonyl (C=O) groups is 2. The van der Waals surface area contributed by atoms with Gasteiger partial charge in [0, 0.05) is 12.8 Å². The quantitative estimate of drug-likeness (QED) is 0.0205. The molecule has 0 aliphatic rings. The number of nitrogens with zero attached hydrogens (tertiary/aromatic N) is 1. The number of hydrogen-bond donors (Lipinski definition) is 2. The molecule has 0 saturated carbocycles. The van der Waals surface area contributed by atoms with Crippen molar-refractivity contribution in [1.29, 1.82) is 0 Å². The molecule has 81 heavy (non-hydrogen) atoms. The molecule has 0 bridgehead atoms. The standard InChI is InChI=1S/C71H135N2O7P/c1-7-10-13-16-19-22-25-28-30-31-32-33-34-35-36-37-38-39-40-41-43-46-49-52-55-58-61-64-71(75)80-69(62-59-56-53-50-47-44-27-24-21-18-15-12-9-3)68(67-79-81(76,77)78-66-65-73(4,5)6)72-70(74)63-60-57-54-51-48-45-42-29-26-23-20-17-14-11-8-2/h19,22,28,30,32-33,59,62,68-69H,7-18,20-21,23-27,29,31,34-58,60-61,63-67H2,1-6H3,(H-,72,74,76,77)/p+1/b22-19-,30-28-,33-32-,62-59-. The zero-order chi connectivity index (χ0) is 59.3. The first-order valence-electron chi connectivity index (χ1n) is 35.0. The fourth-order valence-corrected chi connectivity index (χ4v) is 11.1. The Bertz CT molecular complexity index is 1520. The van der Waals surface area contributed by atoms with Crippen molar-refractivity contribution in [3.63, 3.8) is 0 Å². The van der Waals surface area contributed by atoms with Gasteiger partial charge in [-0.15, -0.1) is 0 Å². The Morgan fingerprint density at radius 2 is 0.753 bits per heavy atom. The van der Waals surface area contributed by atoms with Crippen LogP contribution in [0.25, 0.3) is 0 Å². The normalized spacial score (nSPS) is 13.8. The van der Waals surface area contributed by atoms with Gasteiger partial charge in [0.05, 0.1) is 33.8 Å². The second-order valence-electron chi connectivity index (χ2n) is 25.1. The number of ether oxygens (including phenoxy) is 1. The van der Waals surface area contributed by atoms with Crippen LogP contribution in [0.15, 0.2) is 48.6 Å². The number of quaternary nitrogens is 1. The highest BCUT2D eigenvalue weighted by Crippen LogP contribution is 2.43. The number of unbranched alkanes of at least 4 members (excludes halogenated alkanes) is 42. The smallest absolute Gasteiger partial charge is 0.456 e. The Hall–Kier alpha value is -2.03. The van der Waals surface area contributed by atoms with Gasteiger partial charge in [0.2, 0.25) is 5.91 Å². The summed E-state index contributed by atoms with van der Waals surface area (Å²) in [7, 11) is 1.51. The third-order valence-electron chi connectivity index (χ3n) is 15.8. The fraction of sp³-hybridized carbons (Fsp3) is 0.859. The van der Waals surface area contributed by atoms with Gasteiger partial charge in [-0.3, -0.25) is 18.6 Å². The van der Waals surface area contributed by atoms with Gasteiger partial charge in [-0.1, -0.05) is 307 Å². The second-order valence-corrected chi connectivity index (χ2v) is 26.5. The second kappa shape index (κ2) is 61.1. The minimum absolute atomic E-state index is 0.0425. The number of rotatable bonds is 64. The van der Waals surface area contributed by atoms with Crippen molar-refractivity contribution in [3.8, 4) is 0 Å². The monoisotopic (exact) mass is 1160 g/mol. The molecule has 476 valence electrons. The average Bonchev–Trinajstić information content (AvgIpc) is 3.44. The molecule has 0 aliphatic heterocycles. The molecule has 9 nitrogen and oxygen atoms in total. The van der Waals surface area contributed by atoms with Gasteiger partial charge in [0.25, 0.3) is 0 Å². The largest absolute Gasteiger partial charge is 0.472 e. The summed E-state index contributed by atoms with van der Waals surface area (Å²) in [6.07, 6.45) is 76.9. The van der Waals surface area contributed by atoms with Crippen molar-refractivity contribution in [2.45, 2.75) is 354 Å². The van der Waals surface area contributed by atoms with E-state index in [1.54, 1.807) is 0 Å². The van der Waals surface area contributed by atoms with Crippen LogP contribution in [0.2, 0.25) is 0 Å². The lowest BCUT2D eigenvalue weighted by Crippen LogP contribution is -2.47. The maximum atomic E-state index is 13.6. The van der Waals surface area contributed by atoms with Crippen molar-refractivity contribution < 1.29 is 37.3 Å². The molecule has 0 heterocycles. The number of hydrogen-bond acceptors (Lipinski definition) is 6. The number of nitrogens with one attached hydrogen (secondary N) is 1. The molecule has 0 aromatic heterocycles. The molecule has 1 amide bonds. The summed E-state index contributed by atoms with van der Waals surface area (Å²) in [6, 6.07) is -0.845. The molecule has 3 unspecified atom stereocenters. The van der Waals surface area contributed by atoms with Crippen LogP contribution in [0.3, 0.4) is 0 Å². The molecular formula is C71H136N2O7P+. The first-order chi connectivity index (χ1) is 39.4. The maximum absolute atomic E-state index is 13.6. The fourth-order valence-electron chi connectivity index (χ4n) is 10.4. The van der Waals surface area contributed by atoms with Crippen molar-refractivity contribution in [2.75, 3.05) is 40.9 Å². The zero-order valence-electron chi connectivity index (χ0n) is 54.5. The van der Waals surface area contributed by atoms with E-state index in [0.717, 1.165) is 70.6 Å². The summed E-state index contributed by atoms with van der Waals surface area (Å²) in [4.78, 5) is 37.8. The molecule has 0 aromatic rings. The van der Waals surface area contributed by atoms with E-state index in [-0.39, 0.29) is 25.1 Å². The molecule has 0 spiro atoms. The Labute approximate surface area is 503 Å². The van der Waals surface area contributed by atoms with Crippen LogP contribution in [-0.2, 0) is 27.9 Å². The zero-order valence-corrected chi connectivity index (χ0v) is 55.4. The molecule has 0 fully saturated rings. The average molecular weight is 1160 g/mol. The topological polar surface area (TPSA) is 111 Å². The molecule has 10 heteroatoms. The van der Waals surface area contributed by atoms with Crippen molar-refractivity contribution in [1.82, 2.24) is 5.32 Å². The predicted octanol–water partition coefficient (Wildman–Crippen LogP) is 22.0. The molecular weight excluding hydrogens is 1020 g/mol. The van der Waals surface area contributed by atoms with Gasteiger partial charge in [-0.2, -0.15) is 0 Å². The summed E-state index contributed by atoms with van der Waals surface area (Å²) < 4.78 is 30.8. The number of esters is 1. The third kappa shape index (κ3) is 62.3. The van der Waals surface area contributed by atoms with E-state index in [2.05, 4.69) is 62.5 Å². The molecule has 0 aromatic carbocycles. The van der Waals surface area contributed by atoms with Crippen LogP contribution in [0, 0.1) is 0 Å². The summed E-state index contributed by atoms with van der Waals surface area (Å²) in [5, 5.41) is 3.07. The van der Waals surface area contributed by atoms with E-state index in [4.69, 9.17) is 13.8 Å². The molecule has 0 radical (unpaired) electrons. The van der Waals surface area contributed by atoms with Gasteiger partial charge in [0.1, 0.15) is 19.3 Å². The highest BCUT2D eigenvalue weighted by Gasteiger charge is 2.30. The van der Waals surface area contributed by atoms with E-state index in [1.165, 1.54) is 238 Å². The lowest BCUT2D eigenvalue weighted by atomic mass is 10.0. The summed E-state index contributed by atoms with van der Waals surface area (Å²) in [5.41, 5.74) is 0. The van der Waals surface area contributed by atoms with E-state index in [1.807, 2.05) is 33.3 Å². The van der Waals surface area contributed by atoms with E-state index in [9.17, 15) is 19.0 Å². The third-order valence-corrected chi connectivity index (χ3v) is 16.8. The van der Waals surface area contributed by atoms with Gasteiger partial charge in [-0.05, 0) is 70.3 Å². The van der Waals surface area contributed by atoms with Gasteiger partial charge < -0.3 is 19.4 Å². The van der Waals surface area contributed by atoms with Crippen molar-refractivity contribution >= 4 is 19.7 Å². The minimum Gasteiger partial charge on any atom is -0.456 e. The molecule has 0 rings (SSSR count). The molecule has 0 saturated heterocycles. The summed E-state index contributed by atoms with van der Waals surface area (Å²) >= 11 is 0. The Morgan fingerprint density at radius 3 is 1.15 bits per heavy atom. The highest BCUT2D eigenvalue weighted by molar-refractivity contribution is 7.47. The van der Waals surface area contributed by atoms with Crippen LogP contribution >= 0.6 is 7.82 Å². The van der Waals surface area contributed by atoms with Crippen LogP contribution in [0.5, 0.6) is 0 Å². The number of phosphoric ester groups is 1. The molecule has 3 atom stereocenters. The lowest BCUT2D eigenvalue weighted by molar-refractivity contribution is -0.870. The predicted molar refractivity (Wildman–Crippen MR) is 351 cm³/mol. The van der Waals surface area contributed by atoms with E-state index < -0.39 is 20.0 Å². The SMILES string of the molecule is CCCCC/C=C\C/C=C\C/C=C\CCCCCCCCCCCCCCCCC(=O)OC(/C=C\CCCCCCCCCCCCC)C(COP(=O)(O)OCC[N+](C)(C)C)NC(=O)CCCCCCCCCCCCCCCCC. The number of amides is 1.